The molecule has 1 aromatic heterocycles. The third-order valence-electron chi connectivity index (χ3n) is 1.71. The summed E-state index contributed by atoms with van der Waals surface area (Å²) in [6.07, 6.45) is 0. The molecule has 2 rings (SSSR count). The molecule has 0 fully saturated rings. The lowest BCUT2D eigenvalue weighted by Crippen LogP contribution is -1.90. The molecule has 11 heavy (non-hydrogen) atoms. The van der Waals surface area contributed by atoms with Crippen molar-refractivity contribution in [3.63, 3.8) is 0 Å². The highest BCUT2D eigenvalue weighted by Gasteiger charge is 2.06. The van der Waals surface area contributed by atoms with Gasteiger partial charge in [0.25, 0.3) is 0 Å². The average molecular weight is 181 g/mol. The van der Waals surface area contributed by atoms with Crippen molar-refractivity contribution in [2.24, 2.45) is 0 Å². The predicted octanol–water partition coefficient (Wildman–Crippen LogP) is 3.65. The summed E-state index contributed by atoms with van der Waals surface area (Å²) in [5.74, 6) is 4.42. The number of nitrogens with one attached hydrogen (secondary N) is 1. The molecule has 0 radical (unpaired) electrons. The van der Waals surface area contributed by atoms with Crippen molar-refractivity contribution in [2.45, 2.75) is 6.92 Å². The van der Waals surface area contributed by atoms with Gasteiger partial charge in [0, 0.05) is 5.56 Å². The van der Waals surface area contributed by atoms with E-state index in [-0.39, 0.29) is 0 Å². The number of anilines is 1. The van der Waals surface area contributed by atoms with Gasteiger partial charge in [0.15, 0.2) is 0 Å². The van der Waals surface area contributed by atoms with E-state index in [0.29, 0.717) is 0 Å². The molecule has 3 heteroatoms. The molecular formula is C8H9NP2. The second kappa shape index (κ2) is 2.93. The third kappa shape index (κ3) is 1.31. The van der Waals surface area contributed by atoms with E-state index < -0.39 is 0 Å². The van der Waals surface area contributed by atoms with Crippen LogP contribution in [0.15, 0.2) is 23.7 Å². The summed E-state index contributed by atoms with van der Waals surface area (Å²) in [6.45, 7) is 2.17. The quantitative estimate of drug-likeness (QED) is 0.602. The van der Waals surface area contributed by atoms with Crippen LogP contribution >= 0.6 is 16.9 Å². The van der Waals surface area contributed by atoms with Crippen LogP contribution in [0.3, 0.4) is 0 Å². The van der Waals surface area contributed by atoms with Crippen molar-refractivity contribution in [2.75, 3.05) is 5.09 Å². The predicted molar refractivity (Wildman–Crippen MR) is 54.5 cm³/mol. The monoisotopic (exact) mass is 181 g/mol. The van der Waals surface area contributed by atoms with Gasteiger partial charge in [-0.25, -0.2) is 0 Å². The first-order chi connectivity index (χ1) is 5.38. The van der Waals surface area contributed by atoms with Gasteiger partial charge in [-0.05, 0) is 41.0 Å². The first-order valence-electron chi connectivity index (χ1n) is 3.51. The van der Waals surface area contributed by atoms with Crippen LogP contribution in [-0.2, 0) is 0 Å². The Balaban J connectivity index is 2.56. The standard InChI is InChI=1S/C8H9NP2/c1-6-5-11-9-8-7(6)3-2-4-10-8/h2-5,9,11H,1H3. The lowest BCUT2D eigenvalue weighted by Gasteiger charge is -2.15. The molecule has 0 saturated carbocycles. The first kappa shape index (κ1) is 7.28. The number of hydrogen-bond acceptors (Lipinski definition) is 1. The number of hydrogen-bond donors (Lipinski definition) is 1. The van der Waals surface area contributed by atoms with Crippen molar-refractivity contribution in [3.05, 3.63) is 29.3 Å². The van der Waals surface area contributed by atoms with Gasteiger partial charge in [-0.3, -0.25) is 0 Å². The van der Waals surface area contributed by atoms with Crippen LogP contribution in [0.25, 0.3) is 5.57 Å². The Labute approximate surface area is 69.8 Å². The summed E-state index contributed by atoms with van der Waals surface area (Å²) in [7, 11) is 2.07. The van der Waals surface area contributed by atoms with Crippen LogP contribution < -0.4 is 5.09 Å². The van der Waals surface area contributed by atoms with E-state index in [4.69, 9.17) is 0 Å². The Morgan fingerprint density at radius 2 is 2.45 bits per heavy atom. The van der Waals surface area contributed by atoms with Crippen molar-refractivity contribution >= 4 is 27.9 Å². The summed E-state index contributed by atoms with van der Waals surface area (Å²) in [4.78, 5) is 0. The Morgan fingerprint density at radius 1 is 1.55 bits per heavy atom. The summed E-state index contributed by atoms with van der Waals surface area (Å²) >= 11 is 0. The van der Waals surface area contributed by atoms with E-state index in [1.54, 1.807) is 0 Å². The van der Waals surface area contributed by atoms with E-state index >= 15 is 0 Å². The molecule has 1 aromatic rings. The minimum absolute atomic E-state index is 0.761. The van der Waals surface area contributed by atoms with Crippen LogP contribution in [0.5, 0.6) is 0 Å². The van der Waals surface area contributed by atoms with E-state index in [1.807, 2.05) is 0 Å². The minimum atomic E-state index is 0.761. The fourth-order valence-electron chi connectivity index (χ4n) is 1.11. The van der Waals surface area contributed by atoms with Gasteiger partial charge < -0.3 is 5.09 Å². The van der Waals surface area contributed by atoms with Gasteiger partial charge in [-0.1, -0.05) is 12.1 Å². The van der Waals surface area contributed by atoms with Crippen LogP contribution in [0.1, 0.15) is 12.5 Å². The molecule has 0 aromatic carbocycles. The Morgan fingerprint density at radius 3 is 3.27 bits per heavy atom. The van der Waals surface area contributed by atoms with E-state index in [9.17, 15) is 0 Å². The maximum absolute atomic E-state index is 3.39. The number of allylic oxidation sites excluding steroid dienone is 1. The SMILES string of the molecule is CC1=CPNc2pcccc21. The largest absolute Gasteiger partial charge is 0.359 e. The molecule has 0 spiro atoms. The van der Waals surface area contributed by atoms with Gasteiger partial charge in [-0.15, -0.1) is 0 Å². The fourth-order valence-corrected chi connectivity index (χ4v) is 2.99. The topological polar surface area (TPSA) is 12.0 Å². The van der Waals surface area contributed by atoms with Crippen LogP contribution in [0.2, 0.25) is 0 Å². The Kier molecular flexibility index (Phi) is 1.94. The van der Waals surface area contributed by atoms with Crippen molar-refractivity contribution in [3.8, 4) is 0 Å². The Bertz CT molecular complexity index is 307. The Hall–Kier alpha value is -0.380. The van der Waals surface area contributed by atoms with Gasteiger partial charge in [-0.2, -0.15) is 0 Å². The smallest absolute Gasteiger partial charge is 0.0725 e. The highest BCUT2D eigenvalue weighted by Crippen LogP contribution is 2.39. The second-order valence-electron chi connectivity index (χ2n) is 2.50. The lowest BCUT2D eigenvalue weighted by atomic mass is 10.2. The molecule has 0 amide bonds. The third-order valence-corrected chi connectivity index (χ3v) is 3.83. The number of rotatable bonds is 0. The zero-order valence-electron chi connectivity index (χ0n) is 6.26. The molecule has 1 nitrogen and oxygen atoms in total. The number of fused-ring (bicyclic) bond motifs is 1. The normalized spacial score (nSPS) is 17.7. The van der Waals surface area contributed by atoms with Gasteiger partial charge >= 0.3 is 0 Å². The van der Waals surface area contributed by atoms with Gasteiger partial charge in [0.2, 0.25) is 0 Å². The molecule has 0 aliphatic carbocycles. The average Bonchev–Trinajstić information content (AvgIpc) is 2.06. The van der Waals surface area contributed by atoms with Gasteiger partial charge in [0.1, 0.15) is 0 Å². The molecule has 1 N–H and O–H groups in total. The van der Waals surface area contributed by atoms with Crippen LogP contribution in [-0.4, -0.2) is 0 Å². The van der Waals surface area contributed by atoms with Crippen molar-refractivity contribution < 1.29 is 0 Å². The summed E-state index contributed by atoms with van der Waals surface area (Å²) < 4.78 is 0. The van der Waals surface area contributed by atoms with E-state index in [0.717, 1.165) is 8.73 Å². The minimum Gasteiger partial charge on any atom is -0.359 e. The van der Waals surface area contributed by atoms with Crippen molar-refractivity contribution in [1.29, 1.82) is 0 Å². The van der Waals surface area contributed by atoms with E-state index in [2.05, 4.69) is 35.8 Å². The molecule has 56 valence electrons. The van der Waals surface area contributed by atoms with E-state index in [1.165, 1.54) is 24.7 Å². The van der Waals surface area contributed by atoms with Crippen molar-refractivity contribution in [1.82, 2.24) is 0 Å². The molecule has 1 aliphatic rings. The summed E-state index contributed by atoms with van der Waals surface area (Å²) in [5.41, 5.74) is 4.16. The lowest BCUT2D eigenvalue weighted by molar-refractivity contribution is 1.62. The summed E-state index contributed by atoms with van der Waals surface area (Å²) in [6, 6.07) is 4.29. The molecule has 0 saturated heterocycles. The maximum atomic E-state index is 3.39. The molecule has 0 bridgehead atoms. The molecule has 2 heterocycles. The highest BCUT2D eigenvalue weighted by atomic mass is 31.1. The van der Waals surface area contributed by atoms with Gasteiger partial charge in [0.05, 0.1) is 5.42 Å². The molecule has 1 aliphatic heterocycles. The molecule has 1 atom stereocenters. The summed E-state index contributed by atoms with van der Waals surface area (Å²) in [5, 5.41) is 3.39. The molecular weight excluding hydrogens is 172 g/mol. The zero-order chi connectivity index (χ0) is 7.68. The second-order valence-corrected chi connectivity index (χ2v) is 4.33. The van der Waals surface area contributed by atoms with Crippen LogP contribution in [0, 0.1) is 0 Å². The highest BCUT2D eigenvalue weighted by molar-refractivity contribution is 7.46. The first-order valence-corrected chi connectivity index (χ1v) is 5.56. The fraction of sp³-hybridized carbons (Fsp3) is 0.125. The van der Waals surface area contributed by atoms with Crippen LogP contribution in [0.4, 0.5) is 5.42 Å². The molecule has 1 unspecified atom stereocenters. The zero-order valence-corrected chi connectivity index (χ0v) is 8.15. The maximum Gasteiger partial charge on any atom is 0.0725 e.